The van der Waals surface area contributed by atoms with Crippen molar-refractivity contribution in [2.45, 2.75) is 25.9 Å². The van der Waals surface area contributed by atoms with Crippen molar-refractivity contribution in [1.82, 2.24) is 10.2 Å². The summed E-state index contributed by atoms with van der Waals surface area (Å²) in [6.45, 7) is 4.42. The molecule has 1 aliphatic heterocycles. The predicted molar refractivity (Wildman–Crippen MR) is 123 cm³/mol. The molecule has 32 heavy (non-hydrogen) atoms. The van der Waals surface area contributed by atoms with E-state index in [2.05, 4.69) is 27.7 Å². The number of anilines is 1. The Morgan fingerprint density at radius 1 is 1.00 bits per heavy atom. The molecule has 3 aromatic rings. The van der Waals surface area contributed by atoms with E-state index in [-0.39, 0.29) is 17.5 Å². The lowest BCUT2D eigenvalue weighted by molar-refractivity contribution is 0.0936. The van der Waals surface area contributed by atoms with Crippen LogP contribution in [0.2, 0.25) is 0 Å². The molecule has 164 valence electrons. The van der Waals surface area contributed by atoms with E-state index in [4.69, 9.17) is 0 Å². The highest BCUT2D eigenvalue weighted by Gasteiger charge is 2.24. The second-order valence-corrected chi connectivity index (χ2v) is 8.14. The normalized spacial score (nSPS) is 16.0. The average molecular weight is 432 g/mol. The van der Waals surface area contributed by atoms with Crippen molar-refractivity contribution in [3.63, 3.8) is 0 Å². The molecular formula is C26H26FN3O2. The van der Waals surface area contributed by atoms with Gasteiger partial charge in [0.05, 0.1) is 5.56 Å². The maximum atomic E-state index is 13.9. The lowest BCUT2D eigenvalue weighted by Gasteiger charge is -2.17. The third kappa shape index (κ3) is 5.21. The van der Waals surface area contributed by atoms with E-state index in [0.29, 0.717) is 11.3 Å². The smallest absolute Gasteiger partial charge is 0.258 e. The monoisotopic (exact) mass is 431 g/mol. The number of likely N-dealkylation sites (tertiary alicyclic amines) is 1. The molecule has 5 nitrogen and oxygen atoms in total. The Kier molecular flexibility index (Phi) is 6.61. The molecule has 0 saturated carbocycles. The van der Waals surface area contributed by atoms with Gasteiger partial charge >= 0.3 is 0 Å². The van der Waals surface area contributed by atoms with Crippen molar-refractivity contribution < 1.29 is 14.0 Å². The number of carbonyl (C=O) groups excluding carboxylic acids is 2. The highest BCUT2D eigenvalue weighted by atomic mass is 19.1. The van der Waals surface area contributed by atoms with Crippen molar-refractivity contribution in [3.8, 4) is 0 Å². The third-order valence-corrected chi connectivity index (χ3v) is 5.72. The number of carbonyl (C=O) groups is 2. The molecule has 1 fully saturated rings. The van der Waals surface area contributed by atoms with Crippen molar-refractivity contribution in [1.29, 1.82) is 0 Å². The fraction of sp³-hybridized carbons (Fsp3) is 0.231. The van der Waals surface area contributed by atoms with Crippen LogP contribution in [0.1, 0.15) is 38.3 Å². The number of benzene rings is 3. The van der Waals surface area contributed by atoms with Crippen molar-refractivity contribution in [3.05, 3.63) is 101 Å². The van der Waals surface area contributed by atoms with E-state index >= 15 is 0 Å². The second kappa shape index (κ2) is 9.75. The van der Waals surface area contributed by atoms with Gasteiger partial charge < -0.3 is 10.6 Å². The van der Waals surface area contributed by atoms with Gasteiger partial charge in [-0.2, -0.15) is 0 Å². The zero-order valence-corrected chi connectivity index (χ0v) is 18.0. The lowest BCUT2D eigenvalue weighted by Crippen LogP contribution is -2.37. The van der Waals surface area contributed by atoms with Gasteiger partial charge in [-0.05, 0) is 48.7 Å². The molecular weight excluding hydrogens is 405 g/mol. The van der Waals surface area contributed by atoms with E-state index in [1.165, 1.54) is 23.8 Å². The van der Waals surface area contributed by atoms with E-state index in [0.717, 1.165) is 31.6 Å². The molecule has 0 aromatic heterocycles. The zero-order chi connectivity index (χ0) is 22.5. The van der Waals surface area contributed by atoms with Crippen molar-refractivity contribution >= 4 is 17.5 Å². The summed E-state index contributed by atoms with van der Waals surface area (Å²) in [5.41, 5.74) is 2.96. The Morgan fingerprint density at radius 2 is 1.75 bits per heavy atom. The summed E-state index contributed by atoms with van der Waals surface area (Å²) in [6.07, 6.45) is 0.890. The highest BCUT2D eigenvalue weighted by molar-refractivity contribution is 6.05. The number of halogens is 1. The summed E-state index contributed by atoms with van der Waals surface area (Å²) in [6, 6.07) is 21.3. The van der Waals surface area contributed by atoms with Crippen LogP contribution in [-0.4, -0.2) is 35.8 Å². The minimum absolute atomic E-state index is 0.0359. The van der Waals surface area contributed by atoms with Crippen LogP contribution in [0.4, 0.5) is 10.1 Å². The summed E-state index contributed by atoms with van der Waals surface area (Å²) in [5, 5.41) is 5.82. The molecule has 3 aromatic carbocycles. The zero-order valence-electron chi connectivity index (χ0n) is 18.0. The molecule has 1 aliphatic rings. The first-order valence-electron chi connectivity index (χ1n) is 10.7. The predicted octanol–water partition coefficient (Wildman–Crippen LogP) is 4.39. The first kappa shape index (κ1) is 21.7. The number of hydrogen-bond donors (Lipinski definition) is 2. The molecule has 0 spiro atoms. The van der Waals surface area contributed by atoms with E-state index in [9.17, 15) is 14.0 Å². The van der Waals surface area contributed by atoms with E-state index in [1.807, 2.05) is 25.1 Å². The van der Waals surface area contributed by atoms with Gasteiger partial charge in [-0.3, -0.25) is 14.5 Å². The Morgan fingerprint density at radius 3 is 2.53 bits per heavy atom. The van der Waals surface area contributed by atoms with E-state index in [1.54, 1.807) is 24.3 Å². The van der Waals surface area contributed by atoms with Gasteiger partial charge in [0, 0.05) is 36.9 Å². The number of nitrogens with one attached hydrogen (secondary N) is 2. The standard InChI is InChI=1S/C26H26FN3O2/c1-18-11-12-20(15-24(18)29-26(32)22-9-5-6-10-23(22)27)25(31)28-21-13-14-30(17-21)16-19-7-3-2-4-8-19/h2-12,15,21H,13-14,16-17H2,1H3,(H,28,31)(H,29,32). The van der Waals surface area contributed by atoms with Crippen LogP contribution in [-0.2, 0) is 6.54 Å². The number of nitrogens with zero attached hydrogens (tertiary/aromatic N) is 1. The van der Waals surface area contributed by atoms with Crippen LogP contribution in [0.3, 0.4) is 0 Å². The van der Waals surface area contributed by atoms with Gasteiger partial charge in [-0.1, -0.05) is 48.5 Å². The molecule has 4 rings (SSSR count). The maximum absolute atomic E-state index is 13.9. The summed E-state index contributed by atoms with van der Waals surface area (Å²) >= 11 is 0. The first-order valence-corrected chi connectivity index (χ1v) is 10.7. The SMILES string of the molecule is Cc1ccc(C(=O)NC2CCN(Cc3ccccc3)C2)cc1NC(=O)c1ccccc1F. The minimum atomic E-state index is -0.585. The Balaban J connectivity index is 1.38. The summed E-state index contributed by atoms with van der Waals surface area (Å²) in [4.78, 5) is 27.6. The number of hydrogen-bond acceptors (Lipinski definition) is 3. The van der Waals surface area contributed by atoms with Crippen molar-refractivity contribution in [2.24, 2.45) is 0 Å². The summed E-state index contributed by atoms with van der Waals surface area (Å²) in [5.74, 6) is -1.31. The maximum Gasteiger partial charge on any atom is 0.258 e. The Hall–Kier alpha value is -3.51. The van der Waals surface area contributed by atoms with Crippen LogP contribution in [0.15, 0.2) is 72.8 Å². The van der Waals surface area contributed by atoms with Gasteiger partial charge in [-0.15, -0.1) is 0 Å². The van der Waals surface area contributed by atoms with Gasteiger partial charge in [-0.25, -0.2) is 4.39 Å². The fourth-order valence-corrected chi connectivity index (χ4v) is 3.94. The molecule has 0 bridgehead atoms. The molecule has 2 N–H and O–H groups in total. The number of aryl methyl sites for hydroxylation is 1. The van der Waals surface area contributed by atoms with Crippen LogP contribution < -0.4 is 10.6 Å². The fourth-order valence-electron chi connectivity index (χ4n) is 3.94. The molecule has 1 atom stereocenters. The molecule has 0 aliphatic carbocycles. The van der Waals surface area contributed by atoms with Gasteiger partial charge in [0.25, 0.3) is 11.8 Å². The van der Waals surface area contributed by atoms with Gasteiger partial charge in [0.15, 0.2) is 0 Å². The average Bonchev–Trinajstić information content (AvgIpc) is 3.22. The first-order chi connectivity index (χ1) is 15.5. The van der Waals surface area contributed by atoms with Crippen LogP contribution >= 0.6 is 0 Å². The highest BCUT2D eigenvalue weighted by Crippen LogP contribution is 2.20. The van der Waals surface area contributed by atoms with Crippen LogP contribution in [0, 0.1) is 12.7 Å². The van der Waals surface area contributed by atoms with Gasteiger partial charge in [0.1, 0.15) is 5.82 Å². The molecule has 0 radical (unpaired) electrons. The minimum Gasteiger partial charge on any atom is -0.348 e. The lowest BCUT2D eigenvalue weighted by atomic mass is 10.1. The molecule has 6 heteroatoms. The summed E-state index contributed by atoms with van der Waals surface area (Å²) < 4.78 is 13.9. The second-order valence-electron chi connectivity index (χ2n) is 8.14. The number of rotatable bonds is 6. The van der Waals surface area contributed by atoms with Crippen LogP contribution in [0.25, 0.3) is 0 Å². The van der Waals surface area contributed by atoms with Gasteiger partial charge in [0.2, 0.25) is 0 Å². The van der Waals surface area contributed by atoms with E-state index < -0.39 is 11.7 Å². The van der Waals surface area contributed by atoms with Crippen LogP contribution in [0.5, 0.6) is 0 Å². The Labute approximate surface area is 187 Å². The quantitative estimate of drug-likeness (QED) is 0.609. The largest absolute Gasteiger partial charge is 0.348 e. The third-order valence-electron chi connectivity index (χ3n) is 5.72. The molecule has 1 heterocycles. The topological polar surface area (TPSA) is 61.4 Å². The molecule has 2 amide bonds. The summed E-state index contributed by atoms with van der Waals surface area (Å²) in [7, 11) is 0. The molecule has 1 saturated heterocycles. The number of amides is 2. The molecule has 1 unspecified atom stereocenters. The van der Waals surface area contributed by atoms with Crippen molar-refractivity contribution in [2.75, 3.05) is 18.4 Å². The Bertz CT molecular complexity index is 1120.